The highest BCUT2D eigenvalue weighted by atomic mass is 35.5. The molecule has 2 aromatic rings. The van der Waals surface area contributed by atoms with Gasteiger partial charge in [-0.3, -0.25) is 9.69 Å². The van der Waals surface area contributed by atoms with Crippen LogP contribution in [0.4, 0.5) is 0 Å². The Morgan fingerprint density at radius 1 is 1.10 bits per heavy atom. The lowest BCUT2D eigenvalue weighted by Gasteiger charge is -2.37. The molecule has 29 heavy (non-hydrogen) atoms. The van der Waals surface area contributed by atoms with E-state index < -0.39 is 0 Å². The summed E-state index contributed by atoms with van der Waals surface area (Å²) in [5, 5.41) is 0. The van der Waals surface area contributed by atoms with Crippen molar-refractivity contribution in [3.05, 3.63) is 59.2 Å². The van der Waals surface area contributed by atoms with Gasteiger partial charge in [0, 0.05) is 24.6 Å². The van der Waals surface area contributed by atoms with E-state index in [9.17, 15) is 4.79 Å². The van der Waals surface area contributed by atoms with Crippen molar-refractivity contribution in [3.8, 4) is 11.5 Å². The first-order valence-electron chi connectivity index (χ1n) is 10.3. The molecule has 1 heterocycles. The first-order chi connectivity index (χ1) is 14.1. The van der Waals surface area contributed by atoms with Gasteiger partial charge in [-0.05, 0) is 54.9 Å². The lowest BCUT2D eigenvalue weighted by Crippen LogP contribution is -2.39. The number of carbonyl (C=O) groups excluding carboxylic acids is 1. The molecule has 0 radical (unpaired) electrons. The van der Waals surface area contributed by atoms with Gasteiger partial charge in [0.05, 0.1) is 19.7 Å². The lowest BCUT2D eigenvalue weighted by atomic mass is 9.85. The Morgan fingerprint density at radius 2 is 1.83 bits per heavy atom. The monoisotopic (exact) mass is 413 g/mol. The van der Waals surface area contributed by atoms with Crippen molar-refractivity contribution in [1.82, 2.24) is 4.90 Å². The van der Waals surface area contributed by atoms with Gasteiger partial charge in [0.25, 0.3) is 0 Å². The number of ether oxygens (including phenoxy) is 2. The molecule has 4 rings (SSSR count). The third-order valence-electron chi connectivity index (χ3n) is 6.31. The second kappa shape index (κ2) is 8.76. The minimum absolute atomic E-state index is 0.0213. The molecule has 0 saturated carbocycles. The molecule has 0 amide bonds. The summed E-state index contributed by atoms with van der Waals surface area (Å²) in [6.45, 7) is 1.86. The number of Topliss-reactive ketones (excluding diaryl/α,β-unsaturated/α-hetero) is 1. The SMILES string of the molecule is COc1cc2c(cc1OC)C(=O)C(CC1CCN(Cc3ccccc3)C(Cl)C1)C2. The Labute approximate surface area is 177 Å². The van der Waals surface area contributed by atoms with Crippen molar-refractivity contribution < 1.29 is 14.3 Å². The molecule has 2 aliphatic rings. The van der Waals surface area contributed by atoms with E-state index >= 15 is 0 Å². The van der Waals surface area contributed by atoms with Gasteiger partial charge < -0.3 is 9.47 Å². The van der Waals surface area contributed by atoms with Gasteiger partial charge in [0.2, 0.25) is 0 Å². The first kappa shape index (κ1) is 20.2. The highest BCUT2D eigenvalue weighted by molar-refractivity contribution is 6.20. The van der Waals surface area contributed by atoms with Gasteiger partial charge in [-0.25, -0.2) is 0 Å². The number of hydrogen-bond acceptors (Lipinski definition) is 4. The number of halogens is 1. The van der Waals surface area contributed by atoms with Crippen LogP contribution >= 0.6 is 11.6 Å². The number of alkyl halides is 1. The van der Waals surface area contributed by atoms with E-state index in [0.29, 0.717) is 17.4 Å². The average Bonchev–Trinajstić information content (AvgIpc) is 3.04. The van der Waals surface area contributed by atoms with Crippen LogP contribution in [0.1, 0.15) is 40.7 Å². The van der Waals surface area contributed by atoms with Gasteiger partial charge >= 0.3 is 0 Å². The van der Waals surface area contributed by atoms with E-state index in [4.69, 9.17) is 21.1 Å². The number of benzene rings is 2. The molecule has 0 N–H and O–H groups in total. The number of carbonyl (C=O) groups is 1. The van der Waals surface area contributed by atoms with Gasteiger partial charge in [0.1, 0.15) is 0 Å². The zero-order valence-electron chi connectivity index (χ0n) is 17.1. The summed E-state index contributed by atoms with van der Waals surface area (Å²) in [7, 11) is 3.23. The summed E-state index contributed by atoms with van der Waals surface area (Å²) >= 11 is 6.73. The molecule has 1 aliphatic carbocycles. The van der Waals surface area contributed by atoms with E-state index in [-0.39, 0.29) is 17.2 Å². The Morgan fingerprint density at radius 3 is 2.52 bits per heavy atom. The van der Waals surface area contributed by atoms with Crippen LogP contribution in [0.5, 0.6) is 11.5 Å². The molecule has 154 valence electrons. The molecule has 2 aromatic carbocycles. The molecular formula is C24H28ClNO3. The van der Waals surface area contributed by atoms with E-state index in [0.717, 1.165) is 49.9 Å². The van der Waals surface area contributed by atoms with E-state index in [2.05, 4.69) is 29.2 Å². The van der Waals surface area contributed by atoms with Crippen molar-refractivity contribution >= 4 is 17.4 Å². The van der Waals surface area contributed by atoms with Crippen molar-refractivity contribution in [2.45, 2.75) is 37.7 Å². The quantitative estimate of drug-likeness (QED) is 0.497. The predicted molar refractivity (Wildman–Crippen MR) is 115 cm³/mol. The van der Waals surface area contributed by atoms with Gasteiger partial charge in [0.15, 0.2) is 17.3 Å². The van der Waals surface area contributed by atoms with Crippen molar-refractivity contribution in [2.24, 2.45) is 11.8 Å². The van der Waals surface area contributed by atoms with E-state index in [1.54, 1.807) is 14.2 Å². The Kier molecular flexibility index (Phi) is 6.12. The largest absolute Gasteiger partial charge is 0.493 e. The molecule has 4 nitrogen and oxygen atoms in total. The molecule has 3 atom stereocenters. The summed E-state index contributed by atoms with van der Waals surface area (Å²) < 4.78 is 10.8. The van der Waals surface area contributed by atoms with Crippen LogP contribution in [-0.2, 0) is 13.0 Å². The number of rotatable bonds is 6. The zero-order valence-corrected chi connectivity index (χ0v) is 17.8. The van der Waals surface area contributed by atoms with Crippen LogP contribution in [0.2, 0.25) is 0 Å². The van der Waals surface area contributed by atoms with Crippen LogP contribution in [-0.4, -0.2) is 36.9 Å². The predicted octanol–water partition coefficient (Wildman–Crippen LogP) is 4.93. The summed E-state index contributed by atoms with van der Waals surface area (Å²) in [6, 6.07) is 14.3. The van der Waals surface area contributed by atoms with Crippen LogP contribution in [0.25, 0.3) is 0 Å². The summed E-state index contributed by atoms with van der Waals surface area (Å²) in [5.41, 5.74) is 3.17. The number of piperidine rings is 1. The van der Waals surface area contributed by atoms with Gasteiger partial charge in [-0.1, -0.05) is 30.3 Å². The number of nitrogens with zero attached hydrogens (tertiary/aromatic N) is 1. The Bertz CT molecular complexity index is 870. The minimum Gasteiger partial charge on any atom is -0.493 e. The molecule has 1 fully saturated rings. The van der Waals surface area contributed by atoms with Crippen LogP contribution < -0.4 is 9.47 Å². The normalized spacial score (nSPS) is 24.4. The fourth-order valence-corrected chi connectivity index (χ4v) is 5.15. The maximum absolute atomic E-state index is 13.0. The molecule has 0 bridgehead atoms. The molecule has 0 spiro atoms. The topological polar surface area (TPSA) is 38.8 Å². The summed E-state index contributed by atoms with van der Waals surface area (Å²) in [5.74, 6) is 2.07. The maximum atomic E-state index is 13.0. The third-order valence-corrected chi connectivity index (χ3v) is 6.76. The standard InChI is InChI=1S/C24H28ClNO3/c1-28-21-13-18-12-19(24(27)20(18)14-22(21)29-2)10-17-8-9-26(23(25)11-17)15-16-6-4-3-5-7-16/h3-7,13-14,17,19,23H,8-12,15H2,1-2H3. The fourth-order valence-electron chi connectivity index (χ4n) is 4.73. The van der Waals surface area contributed by atoms with Gasteiger partial charge in [-0.15, -0.1) is 11.6 Å². The summed E-state index contributed by atoms with van der Waals surface area (Å²) in [4.78, 5) is 15.3. The third kappa shape index (κ3) is 4.29. The van der Waals surface area contributed by atoms with Crippen molar-refractivity contribution in [3.63, 3.8) is 0 Å². The van der Waals surface area contributed by atoms with Crippen LogP contribution in [0.15, 0.2) is 42.5 Å². The fraction of sp³-hybridized carbons (Fsp3) is 0.458. The Balaban J connectivity index is 1.37. The zero-order chi connectivity index (χ0) is 20.4. The highest BCUT2D eigenvalue weighted by Crippen LogP contribution is 2.40. The maximum Gasteiger partial charge on any atom is 0.166 e. The molecule has 3 unspecified atom stereocenters. The molecule has 1 saturated heterocycles. The number of hydrogen-bond donors (Lipinski definition) is 0. The molecule has 5 heteroatoms. The second-order valence-electron chi connectivity index (χ2n) is 8.15. The van der Waals surface area contributed by atoms with E-state index in [1.165, 1.54) is 5.56 Å². The van der Waals surface area contributed by atoms with Crippen LogP contribution in [0.3, 0.4) is 0 Å². The lowest BCUT2D eigenvalue weighted by molar-refractivity contribution is 0.0884. The number of likely N-dealkylation sites (tertiary alicyclic amines) is 1. The second-order valence-corrected chi connectivity index (χ2v) is 8.65. The molecule has 1 aliphatic heterocycles. The summed E-state index contributed by atoms with van der Waals surface area (Å²) in [6.07, 6.45) is 3.70. The Hall–Kier alpha value is -2.04. The first-order valence-corrected chi connectivity index (χ1v) is 10.7. The van der Waals surface area contributed by atoms with Crippen molar-refractivity contribution in [1.29, 1.82) is 0 Å². The number of ketones is 1. The minimum atomic E-state index is 0.0213. The number of fused-ring (bicyclic) bond motifs is 1. The molecule has 0 aromatic heterocycles. The van der Waals surface area contributed by atoms with Crippen LogP contribution in [0, 0.1) is 11.8 Å². The highest BCUT2D eigenvalue weighted by Gasteiger charge is 2.36. The number of methoxy groups -OCH3 is 2. The van der Waals surface area contributed by atoms with Crippen molar-refractivity contribution in [2.75, 3.05) is 20.8 Å². The smallest absolute Gasteiger partial charge is 0.166 e. The van der Waals surface area contributed by atoms with Gasteiger partial charge in [-0.2, -0.15) is 0 Å². The molecular weight excluding hydrogens is 386 g/mol. The van der Waals surface area contributed by atoms with E-state index in [1.807, 2.05) is 18.2 Å². The average molecular weight is 414 g/mol.